The van der Waals surface area contributed by atoms with Crippen molar-refractivity contribution in [3.05, 3.63) is 33.9 Å². The third kappa shape index (κ3) is 3.37. The fourth-order valence-electron chi connectivity index (χ4n) is 1.68. The van der Waals surface area contributed by atoms with Gasteiger partial charge in [0.25, 0.3) is 5.69 Å². The minimum atomic E-state index is -1.12. The van der Waals surface area contributed by atoms with Gasteiger partial charge in [0, 0.05) is 23.7 Å². The van der Waals surface area contributed by atoms with Crippen LogP contribution >= 0.6 is 12.4 Å². The van der Waals surface area contributed by atoms with Crippen molar-refractivity contribution in [2.45, 2.75) is 19.9 Å². The number of halogens is 1. The molecule has 0 radical (unpaired) electrons. The maximum Gasteiger partial charge on any atom is 0.313 e. The molecule has 112 valence electrons. The Kier molecular flexibility index (Phi) is 5.93. The second-order valence-electron chi connectivity index (χ2n) is 4.69. The van der Waals surface area contributed by atoms with Crippen molar-refractivity contribution < 1.29 is 19.6 Å². The zero-order valence-corrected chi connectivity index (χ0v) is 12.1. The van der Waals surface area contributed by atoms with Crippen LogP contribution in [-0.4, -0.2) is 23.1 Å². The summed E-state index contributed by atoms with van der Waals surface area (Å²) in [5, 5.41) is 20.5. The summed E-state index contributed by atoms with van der Waals surface area (Å²) in [6, 6.07) is 2.57. The molecule has 8 heteroatoms. The Bertz CT molecular complexity index is 519. The first kappa shape index (κ1) is 18.1. The maximum atomic E-state index is 11.7. The number of methoxy groups -OCH3 is 1. The van der Waals surface area contributed by atoms with Crippen molar-refractivity contribution in [3.8, 4) is 5.75 Å². The van der Waals surface area contributed by atoms with E-state index in [1.807, 2.05) is 0 Å². The summed E-state index contributed by atoms with van der Waals surface area (Å²) in [5.41, 5.74) is 4.74. The van der Waals surface area contributed by atoms with Gasteiger partial charge in [0.1, 0.15) is 5.75 Å². The molecule has 0 spiro atoms. The van der Waals surface area contributed by atoms with Gasteiger partial charge in [0.15, 0.2) is 0 Å². The van der Waals surface area contributed by atoms with E-state index in [0.717, 1.165) is 12.1 Å². The minimum absolute atomic E-state index is 0. The number of nitro benzene ring substituents is 1. The molecule has 1 atom stereocenters. The van der Waals surface area contributed by atoms with E-state index < -0.39 is 22.3 Å². The number of nitrogens with zero attached hydrogens (tertiary/aromatic N) is 1. The number of nitrogens with two attached hydrogens (primary N) is 1. The molecule has 1 rings (SSSR count). The number of phenols is 1. The van der Waals surface area contributed by atoms with Crippen LogP contribution in [0.5, 0.6) is 5.75 Å². The summed E-state index contributed by atoms with van der Waals surface area (Å²) in [6.45, 7) is 3.09. The number of carbonyl (C=O) groups excluding carboxylic acids is 1. The predicted octanol–water partition coefficient (Wildman–Crippen LogP) is 1.92. The van der Waals surface area contributed by atoms with Crippen molar-refractivity contribution in [2.24, 2.45) is 11.1 Å². The lowest BCUT2D eigenvalue weighted by atomic mass is 9.80. The number of carbonyl (C=O) groups is 1. The van der Waals surface area contributed by atoms with Crippen LogP contribution in [0.25, 0.3) is 0 Å². The zero-order valence-electron chi connectivity index (χ0n) is 11.3. The maximum absolute atomic E-state index is 11.7. The van der Waals surface area contributed by atoms with E-state index in [9.17, 15) is 20.0 Å². The van der Waals surface area contributed by atoms with Crippen LogP contribution in [0, 0.1) is 15.5 Å². The lowest BCUT2D eigenvalue weighted by molar-refractivity contribution is -0.385. The molecule has 1 aromatic carbocycles. The molecule has 0 heterocycles. The Morgan fingerprint density at radius 1 is 1.50 bits per heavy atom. The Morgan fingerprint density at radius 3 is 2.50 bits per heavy atom. The smallest absolute Gasteiger partial charge is 0.313 e. The molecule has 1 aromatic rings. The standard InChI is InChI=1S/C12H16N2O5.ClH/c1-12(2,11(16)19-3)10(13)8-6-7(14(17)18)4-5-9(8)15;/h4-6,10,15H,13H2,1-3H3;1H/t10-;/m0./s1. The molecule has 0 amide bonds. The molecule has 7 nitrogen and oxygen atoms in total. The fourth-order valence-corrected chi connectivity index (χ4v) is 1.68. The number of non-ortho nitro benzene ring substituents is 1. The minimum Gasteiger partial charge on any atom is -0.508 e. The highest BCUT2D eigenvalue weighted by atomic mass is 35.5. The number of hydrogen-bond donors (Lipinski definition) is 2. The molecule has 0 bridgehead atoms. The molecule has 0 aliphatic rings. The van der Waals surface area contributed by atoms with Gasteiger partial charge in [-0.2, -0.15) is 0 Å². The van der Waals surface area contributed by atoms with E-state index in [0.29, 0.717) is 0 Å². The molecule has 0 fully saturated rings. The number of benzene rings is 1. The van der Waals surface area contributed by atoms with Crippen LogP contribution in [0.4, 0.5) is 5.69 Å². The average Bonchev–Trinajstić information content (AvgIpc) is 2.36. The van der Waals surface area contributed by atoms with Gasteiger partial charge in [-0.05, 0) is 19.9 Å². The third-order valence-corrected chi connectivity index (χ3v) is 3.05. The van der Waals surface area contributed by atoms with Gasteiger partial charge in [-0.1, -0.05) is 0 Å². The predicted molar refractivity (Wildman–Crippen MR) is 74.7 cm³/mol. The van der Waals surface area contributed by atoms with Crippen molar-refractivity contribution in [1.82, 2.24) is 0 Å². The Balaban J connectivity index is 0.00000361. The van der Waals surface area contributed by atoms with Crippen LogP contribution in [0.2, 0.25) is 0 Å². The average molecular weight is 305 g/mol. The van der Waals surface area contributed by atoms with Crippen LogP contribution in [0.3, 0.4) is 0 Å². The monoisotopic (exact) mass is 304 g/mol. The summed E-state index contributed by atoms with van der Waals surface area (Å²) < 4.78 is 4.64. The summed E-state index contributed by atoms with van der Waals surface area (Å²) in [7, 11) is 1.23. The third-order valence-electron chi connectivity index (χ3n) is 3.05. The highest BCUT2D eigenvalue weighted by Crippen LogP contribution is 2.38. The summed E-state index contributed by atoms with van der Waals surface area (Å²) in [6.07, 6.45) is 0. The molecule has 0 saturated heterocycles. The first-order valence-corrected chi connectivity index (χ1v) is 5.53. The molecule has 0 saturated carbocycles. The van der Waals surface area contributed by atoms with Crippen LogP contribution in [-0.2, 0) is 9.53 Å². The molecule has 20 heavy (non-hydrogen) atoms. The number of hydrogen-bond acceptors (Lipinski definition) is 6. The fraction of sp³-hybridized carbons (Fsp3) is 0.417. The number of phenolic OH excluding ortho intramolecular Hbond substituents is 1. The van der Waals surface area contributed by atoms with E-state index in [-0.39, 0.29) is 29.4 Å². The van der Waals surface area contributed by atoms with Gasteiger partial charge in [-0.15, -0.1) is 12.4 Å². The summed E-state index contributed by atoms with van der Waals surface area (Å²) in [4.78, 5) is 21.8. The van der Waals surface area contributed by atoms with Crippen LogP contribution in [0.15, 0.2) is 18.2 Å². The second kappa shape index (κ2) is 6.53. The number of nitro groups is 1. The normalized spacial score (nSPS) is 12.2. The Labute approximate surface area is 122 Å². The van der Waals surface area contributed by atoms with Crippen molar-refractivity contribution in [3.63, 3.8) is 0 Å². The summed E-state index contributed by atoms with van der Waals surface area (Å²) >= 11 is 0. The molecule has 0 unspecified atom stereocenters. The number of aromatic hydroxyl groups is 1. The van der Waals surface area contributed by atoms with Crippen LogP contribution in [0.1, 0.15) is 25.5 Å². The topological polar surface area (TPSA) is 116 Å². The zero-order chi connectivity index (χ0) is 14.8. The number of rotatable bonds is 4. The lowest BCUT2D eigenvalue weighted by Crippen LogP contribution is -2.37. The summed E-state index contributed by atoms with van der Waals surface area (Å²) in [5.74, 6) is -0.763. The number of ether oxygens (including phenoxy) is 1. The van der Waals surface area contributed by atoms with Crippen molar-refractivity contribution in [1.29, 1.82) is 0 Å². The highest BCUT2D eigenvalue weighted by molar-refractivity contribution is 5.85. The Morgan fingerprint density at radius 2 is 2.05 bits per heavy atom. The van der Waals surface area contributed by atoms with Gasteiger partial charge < -0.3 is 15.6 Å². The van der Waals surface area contributed by atoms with E-state index in [2.05, 4.69) is 4.74 Å². The quantitative estimate of drug-likeness (QED) is 0.499. The molecular weight excluding hydrogens is 288 g/mol. The van der Waals surface area contributed by atoms with Gasteiger partial charge in [-0.3, -0.25) is 14.9 Å². The van der Waals surface area contributed by atoms with Gasteiger partial charge in [0.05, 0.1) is 17.4 Å². The number of esters is 1. The van der Waals surface area contributed by atoms with E-state index in [1.54, 1.807) is 13.8 Å². The SMILES string of the molecule is COC(=O)C(C)(C)[C@@H](N)c1cc([N+](=O)[O-])ccc1O.Cl. The van der Waals surface area contributed by atoms with E-state index in [4.69, 9.17) is 5.73 Å². The first-order chi connectivity index (χ1) is 8.71. The lowest BCUT2D eigenvalue weighted by Gasteiger charge is -2.29. The molecule has 0 aromatic heterocycles. The second-order valence-corrected chi connectivity index (χ2v) is 4.69. The molecule has 0 aliphatic carbocycles. The van der Waals surface area contributed by atoms with Gasteiger partial charge in [-0.25, -0.2) is 0 Å². The van der Waals surface area contributed by atoms with E-state index in [1.165, 1.54) is 13.2 Å². The van der Waals surface area contributed by atoms with Crippen molar-refractivity contribution in [2.75, 3.05) is 7.11 Å². The molecular formula is C12H17ClN2O5. The highest BCUT2D eigenvalue weighted by Gasteiger charge is 2.38. The van der Waals surface area contributed by atoms with Gasteiger partial charge in [0.2, 0.25) is 0 Å². The van der Waals surface area contributed by atoms with Gasteiger partial charge >= 0.3 is 5.97 Å². The van der Waals surface area contributed by atoms with Crippen LogP contribution < -0.4 is 5.73 Å². The van der Waals surface area contributed by atoms with E-state index >= 15 is 0 Å². The molecule has 3 N–H and O–H groups in total. The largest absolute Gasteiger partial charge is 0.508 e. The van der Waals surface area contributed by atoms with Crippen molar-refractivity contribution >= 4 is 24.1 Å². The molecule has 0 aliphatic heterocycles. The first-order valence-electron chi connectivity index (χ1n) is 5.53. The Hall–Kier alpha value is -1.86.